The van der Waals surface area contributed by atoms with Crippen LogP contribution in [0.25, 0.3) is 33.4 Å². The number of carbonyl (C=O) groups is 6. The van der Waals surface area contributed by atoms with E-state index in [-0.39, 0.29) is 77.3 Å². The van der Waals surface area contributed by atoms with Crippen LogP contribution >= 0.6 is 11.8 Å². The van der Waals surface area contributed by atoms with Crippen molar-refractivity contribution in [2.45, 2.75) is 24.5 Å². The molecule has 1 atom stereocenters. The van der Waals surface area contributed by atoms with E-state index in [0.717, 1.165) is 11.8 Å². The van der Waals surface area contributed by atoms with Crippen LogP contribution in [0.2, 0.25) is 0 Å². The molecule has 0 spiro atoms. The van der Waals surface area contributed by atoms with Gasteiger partial charge in [0, 0.05) is 65.9 Å². The van der Waals surface area contributed by atoms with Crippen molar-refractivity contribution < 1.29 is 48.2 Å². The zero-order valence-corrected chi connectivity index (χ0v) is 28.6. The predicted molar refractivity (Wildman–Crippen MR) is 192 cm³/mol. The molecule has 3 aromatic rings. The summed E-state index contributed by atoms with van der Waals surface area (Å²) < 4.78 is 5.86. The molecule has 3 aromatic carbocycles. The highest BCUT2D eigenvalue weighted by molar-refractivity contribution is 8.00. The molecule has 14 nitrogen and oxygen atoms in total. The van der Waals surface area contributed by atoms with Gasteiger partial charge in [-0.15, -0.1) is 16.8 Å². The number of hydrogen-bond acceptors (Lipinski definition) is 11. The number of aromatic hydroxyl groups is 1. The van der Waals surface area contributed by atoms with Crippen molar-refractivity contribution in [2.24, 2.45) is 0 Å². The van der Waals surface area contributed by atoms with E-state index < -0.39 is 40.8 Å². The van der Waals surface area contributed by atoms with Gasteiger partial charge in [0.25, 0.3) is 17.7 Å². The normalized spacial score (nSPS) is 13.2. The van der Waals surface area contributed by atoms with Crippen LogP contribution in [-0.2, 0) is 24.0 Å². The van der Waals surface area contributed by atoms with Crippen molar-refractivity contribution in [2.75, 3.05) is 18.8 Å². The molecule has 53 heavy (non-hydrogen) atoms. The second kappa shape index (κ2) is 15.8. The molecule has 2 heterocycles. The van der Waals surface area contributed by atoms with Gasteiger partial charge in [-0.05, 0) is 47.5 Å². The Bertz CT molecular complexity index is 2270. The highest BCUT2D eigenvalue weighted by atomic mass is 32.2. The second-order valence-corrected chi connectivity index (χ2v) is 13.1. The fourth-order valence-electron chi connectivity index (χ4n) is 5.80. The van der Waals surface area contributed by atoms with Crippen LogP contribution in [0.4, 0.5) is 0 Å². The maximum Gasteiger partial charge on any atom is 0.336 e. The molecule has 0 saturated carbocycles. The fourth-order valence-corrected chi connectivity index (χ4v) is 6.91. The zero-order chi connectivity index (χ0) is 37.6. The third-order valence-electron chi connectivity index (χ3n) is 8.30. The summed E-state index contributed by atoms with van der Waals surface area (Å²) in [6.07, 6.45) is -0.206. The third-order valence-corrected chi connectivity index (χ3v) is 9.56. The number of nitrogens with one attached hydrogen (secondary N) is 2. The van der Waals surface area contributed by atoms with Crippen LogP contribution in [0.1, 0.15) is 50.8 Å². The Balaban J connectivity index is 1.11. The molecule has 4 amide bonds. The summed E-state index contributed by atoms with van der Waals surface area (Å²) in [6, 6.07) is 21.5. The molecule has 1 unspecified atom stereocenters. The Labute approximate surface area is 305 Å². The minimum atomic E-state index is -1.31. The monoisotopic (exact) mass is 737 g/mol. The predicted octanol–water partition coefficient (Wildman–Crippen LogP) is 4.29. The summed E-state index contributed by atoms with van der Waals surface area (Å²) >= 11 is 1.16. The number of thioether (sulfide) groups is 1. The van der Waals surface area contributed by atoms with Crippen LogP contribution in [-0.4, -0.2) is 69.7 Å². The van der Waals surface area contributed by atoms with Gasteiger partial charge >= 0.3 is 11.9 Å². The number of amides is 4. The first kappa shape index (κ1) is 36.3. The Kier molecular flexibility index (Phi) is 10.8. The lowest BCUT2D eigenvalue weighted by molar-refractivity contribution is -0.197. The van der Waals surface area contributed by atoms with Crippen molar-refractivity contribution in [1.29, 1.82) is 0 Å². The first-order valence-corrected chi connectivity index (χ1v) is 17.4. The number of fused-ring (bicyclic) bond motifs is 2. The van der Waals surface area contributed by atoms with Gasteiger partial charge in [-0.25, -0.2) is 9.59 Å². The van der Waals surface area contributed by atoms with E-state index in [1.165, 1.54) is 48.5 Å². The van der Waals surface area contributed by atoms with E-state index in [9.17, 15) is 43.8 Å². The average molecular weight is 738 g/mol. The number of hydroxylamine groups is 2. The Hall–Kier alpha value is -6.48. The highest BCUT2D eigenvalue weighted by Crippen LogP contribution is 2.42. The summed E-state index contributed by atoms with van der Waals surface area (Å²) in [5, 5.41) is 25.9. The Morgan fingerprint density at radius 2 is 1.57 bits per heavy atom. The maximum atomic E-state index is 13.3. The van der Waals surface area contributed by atoms with Gasteiger partial charge in [0.1, 0.15) is 22.3 Å². The van der Waals surface area contributed by atoms with E-state index in [0.29, 0.717) is 27.1 Å². The van der Waals surface area contributed by atoms with Gasteiger partial charge in [0.15, 0.2) is 5.43 Å². The summed E-state index contributed by atoms with van der Waals surface area (Å²) in [7, 11) is 0. The molecule has 1 fully saturated rings. The van der Waals surface area contributed by atoms with Gasteiger partial charge in [-0.1, -0.05) is 36.4 Å². The van der Waals surface area contributed by atoms with Crippen molar-refractivity contribution >= 4 is 58.3 Å². The summed E-state index contributed by atoms with van der Waals surface area (Å²) in [6.45, 7) is 0.0290. The van der Waals surface area contributed by atoms with Crippen molar-refractivity contribution in [3.63, 3.8) is 0 Å². The average Bonchev–Trinajstić information content (AvgIpc) is 3.46. The largest absolute Gasteiger partial charge is 0.508 e. The molecule has 270 valence electrons. The highest BCUT2D eigenvalue weighted by Gasteiger charge is 2.33. The molecule has 1 aliphatic carbocycles. The van der Waals surface area contributed by atoms with Gasteiger partial charge in [-0.3, -0.25) is 24.0 Å². The Morgan fingerprint density at radius 3 is 2.30 bits per heavy atom. The number of hydrogen-bond donors (Lipinski definition) is 4. The van der Waals surface area contributed by atoms with E-state index in [2.05, 4.69) is 10.6 Å². The van der Waals surface area contributed by atoms with E-state index in [1.807, 2.05) is 0 Å². The quantitative estimate of drug-likeness (QED) is 0.0758. The van der Waals surface area contributed by atoms with Crippen molar-refractivity contribution in [1.82, 2.24) is 15.7 Å². The molecular weight excluding hydrogens is 706 g/mol. The van der Waals surface area contributed by atoms with Crippen LogP contribution in [0, 0.1) is 0 Å². The van der Waals surface area contributed by atoms with E-state index in [1.54, 1.807) is 36.4 Å². The molecule has 0 radical (unpaired) electrons. The zero-order valence-electron chi connectivity index (χ0n) is 27.8. The SMILES string of the molecule is O=C(CCSC(C(=O)NCCNC(=O)c1ccc(-c2c3ccc(=O)cc-3oc3cc(O)ccc23)c(C(=O)O)c1)c1ccccc1)ON1C(=O)CCC1=O. The first-order valence-electron chi connectivity index (χ1n) is 16.4. The fraction of sp³-hybridized carbons (Fsp3) is 0.184. The molecule has 2 aliphatic heterocycles. The molecule has 6 rings (SSSR count). The number of carboxylic acids is 1. The number of carbonyl (C=O) groups excluding carboxylic acids is 5. The number of benzene rings is 4. The third kappa shape index (κ3) is 8.20. The summed E-state index contributed by atoms with van der Waals surface area (Å²) in [5.74, 6) is -3.99. The first-order chi connectivity index (χ1) is 25.5. The molecular formula is C38H31N3O11S. The lowest BCUT2D eigenvalue weighted by Gasteiger charge is -2.18. The van der Waals surface area contributed by atoms with Crippen molar-refractivity contribution in [3.8, 4) is 28.2 Å². The van der Waals surface area contributed by atoms with Gasteiger partial charge in [-0.2, -0.15) is 0 Å². The van der Waals surface area contributed by atoms with Gasteiger partial charge < -0.3 is 30.1 Å². The molecule has 3 aliphatic rings. The minimum absolute atomic E-state index is 0.00160. The number of phenols is 1. The number of carboxylic acid groups (broad SMARTS) is 1. The molecule has 15 heteroatoms. The van der Waals surface area contributed by atoms with Crippen LogP contribution in [0.3, 0.4) is 0 Å². The van der Waals surface area contributed by atoms with Gasteiger partial charge in [0.2, 0.25) is 5.91 Å². The molecule has 0 aromatic heterocycles. The minimum Gasteiger partial charge on any atom is -0.508 e. The standard InChI is InChI=1S/C38H31N3O11S/c42-23-7-10-26-29(19-23)51-30-20-24(43)8-11-27(30)34(26)25-9-6-22(18-28(25)38(49)50)36(47)39-15-16-40-37(48)35(21-4-2-1-3-5-21)53-17-14-33(46)52-41-31(44)12-13-32(41)45/h1-11,18-20,35,42H,12-17H2,(H,39,47)(H,40,48)(H,49,50). The number of nitrogens with zero attached hydrogens (tertiary/aromatic N) is 1. The Morgan fingerprint density at radius 1 is 0.849 bits per heavy atom. The molecule has 1 saturated heterocycles. The number of rotatable bonds is 13. The van der Waals surface area contributed by atoms with E-state index in [4.69, 9.17) is 9.25 Å². The summed E-state index contributed by atoms with van der Waals surface area (Å²) in [4.78, 5) is 91.7. The van der Waals surface area contributed by atoms with E-state index >= 15 is 0 Å². The number of aromatic carboxylic acids is 1. The van der Waals surface area contributed by atoms with Crippen LogP contribution in [0.5, 0.6) is 5.75 Å². The number of phenolic OH excluding ortho intramolecular Hbond substituents is 1. The number of imide groups is 1. The topological polar surface area (TPSA) is 210 Å². The van der Waals surface area contributed by atoms with Crippen LogP contribution < -0.4 is 16.1 Å². The lowest BCUT2D eigenvalue weighted by atomic mass is 9.90. The van der Waals surface area contributed by atoms with Crippen LogP contribution in [0.15, 0.2) is 94.1 Å². The molecule has 0 bridgehead atoms. The molecule has 4 N–H and O–H groups in total. The lowest BCUT2D eigenvalue weighted by Crippen LogP contribution is -2.36. The smallest absolute Gasteiger partial charge is 0.336 e. The summed E-state index contributed by atoms with van der Waals surface area (Å²) in [5.41, 5.74) is 1.58. The van der Waals surface area contributed by atoms with Gasteiger partial charge in [0.05, 0.1) is 12.0 Å². The second-order valence-electron chi connectivity index (χ2n) is 11.9. The van der Waals surface area contributed by atoms with Crippen molar-refractivity contribution in [3.05, 3.63) is 112 Å². The maximum absolute atomic E-state index is 13.3.